The summed E-state index contributed by atoms with van der Waals surface area (Å²) < 4.78 is 5.33. The van der Waals surface area contributed by atoms with Crippen molar-refractivity contribution in [3.8, 4) is 5.75 Å². The van der Waals surface area contributed by atoms with Gasteiger partial charge in [0.15, 0.2) is 0 Å². The van der Waals surface area contributed by atoms with Gasteiger partial charge in [-0.15, -0.1) is 0 Å². The van der Waals surface area contributed by atoms with E-state index in [2.05, 4.69) is 6.07 Å². The monoisotopic (exact) mass is 229 g/mol. The normalized spacial score (nSPS) is 10.3. The number of aldehydes is 1. The fraction of sp³-hybridized carbons (Fsp3) is 0.214. The lowest BCUT2D eigenvalue weighted by Crippen LogP contribution is -2.08. The molecule has 0 amide bonds. The van der Waals surface area contributed by atoms with Crippen molar-refractivity contribution in [2.45, 2.75) is 0 Å². The van der Waals surface area contributed by atoms with Gasteiger partial charge in [0.05, 0.1) is 7.11 Å². The predicted octanol–water partition coefficient (Wildman–Crippen LogP) is 2.73. The molecule has 0 N–H and O–H groups in total. The summed E-state index contributed by atoms with van der Waals surface area (Å²) in [6.45, 7) is 0. The van der Waals surface area contributed by atoms with Crippen LogP contribution in [0.1, 0.15) is 10.4 Å². The standard InChI is InChI=1S/C14H15NO2/c1-15(2)12-5-4-11-6-10(9-16)7-14(17-3)13(11)8-12/h4-9H,1-3H3. The molecule has 0 unspecified atom stereocenters. The van der Waals surface area contributed by atoms with E-state index in [1.807, 2.05) is 37.2 Å². The smallest absolute Gasteiger partial charge is 0.150 e. The van der Waals surface area contributed by atoms with Crippen molar-refractivity contribution in [3.05, 3.63) is 35.9 Å². The van der Waals surface area contributed by atoms with Gasteiger partial charge in [-0.2, -0.15) is 0 Å². The molecule has 3 nitrogen and oxygen atoms in total. The maximum Gasteiger partial charge on any atom is 0.150 e. The van der Waals surface area contributed by atoms with Crippen LogP contribution in [0.2, 0.25) is 0 Å². The molecule has 0 radical (unpaired) electrons. The van der Waals surface area contributed by atoms with Gasteiger partial charge < -0.3 is 9.64 Å². The summed E-state index contributed by atoms with van der Waals surface area (Å²) >= 11 is 0. The Hall–Kier alpha value is -2.03. The van der Waals surface area contributed by atoms with Gasteiger partial charge in [0, 0.05) is 30.7 Å². The molecule has 0 aromatic heterocycles. The number of benzene rings is 2. The van der Waals surface area contributed by atoms with Gasteiger partial charge >= 0.3 is 0 Å². The van der Waals surface area contributed by atoms with Gasteiger partial charge in [-0.05, 0) is 29.7 Å². The number of ether oxygens (including phenoxy) is 1. The summed E-state index contributed by atoms with van der Waals surface area (Å²) in [5, 5.41) is 2.03. The van der Waals surface area contributed by atoms with E-state index in [4.69, 9.17) is 4.74 Å². The average Bonchev–Trinajstić information content (AvgIpc) is 2.36. The Labute approximate surface area is 101 Å². The number of rotatable bonds is 3. The van der Waals surface area contributed by atoms with Crippen molar-refractivity contribution in [1.29, 1.82) is 0 Å². The van der Waals surface area contributed by atoms with E-state index in [0.29, 0.717) is 5.56 Å². The van der Waals surface area contributed by atoms with Crippen LogP contribution in [0, 0.1) is 0 Å². The third-order valence-electron chi connectivity index (χ3n) is 2.79. The number of hydrogen-bond acceptors (Lipinski definition) is 3. The molecular formula is C14H15NO2. The minimum absolute atomic E-state index is 0.631. The summed E-state index contributed by atoms with van der Waals surface area (Å²) in [7, 11) is 5.60. The first-order valence-corrected chi connectivity index (χ1v) is 5.40. The number of nitrogens with zero attached hydrogens (tertiary/aromatic N) is 1. The topological polar surface area (TPSA) is 29.5 Å². The van der Waals surface area contributed by atoms with Crippen LogP contribution in [0.5, 0.6) is 5.75 Å². The number of anilines is 1. The molecule has 0 heterocycles. The van der Waals surface area contributed by atoms with E-state index in [-0.39, 0.29) is 0 Å². The summed E-state index contributed by atoms with van der Waals surface area (Å²) in [5.74, 6) is 0.730. The zero-order chi connectivity index (χ0) is 12.4. The molecule has 88 valence electrons. The van der Waals surface area contributed by atoms with Crippen LogP contribution in [0.25, 0.3) is 10.8 Å². The van der Waals surface area contributed by atoms with E-state index >= 15 is 0 Å². The second kappa shape index (κ2) is 4.45. The molecule has 0 aliphatic heterocycles. The summed E-state index contributed by atoms with van der Waals surface area (Å²) in [4.78, 5) is 12.9. The minimum Gasteiger partial charge on any atom is -0.496 e. The van der Waals surface area contributed by atoms with E-state index in [9.17, 15) is 4.79 Å². The van der Waals surface area contributed by atoms with Crippen LogP contribution >= 0.6 is 0 Å². The molecule has 3 heteroatoms. The van der Waals surface area contributed by atoms with Gasteiger partial charge in [0.25, 0.3) is 0 Å². The molecule has 0 aliphatic carbocycles. The Bertz CT molecular complexity index is 561. The van der Waals surface area contributed by atoms with Crippen molar-refractivity contribution < 1.29 is 9.53 Å². The van der Waals surface area contributed by atoms with E-state index in [1.54, 1.807) is 13.2 Å². The first-order chi connectivity index (χ1) is 8.15. The van der Waals surface area contributed by atoms with E-state index in [1.165, 1.54) is 0 Å². The summed E-state index contributed by atoms with van der Waals surface area (Å²) in [6, 6.07) is 9.71. The Kier molecular flexibility index (Phi) is 3.00. The molecule has 0 saturated heterocycles. The van der Waals surface area contributed by atoms with Gasteiger partial charge in [-0.3, -0.25) is 4.79 Å². The fourth-order valence-electron chi connectivity index (χ4n) is 1.85. The molecule has 2 rings (SSSR count). The highest BCUT2D eigenvalue weighted by atomic mass is 16.5. The van der Waals surface area contributed by atoms with Gasteiger partial charge in [-0.25, -0.2) is 0 Å². The molecule has 0 fully saturated rings. The highest BCUT2D eigenvalue weighted by Gasteiger charge is 2.06. The molecule has 0 aliphatic rings. The van der Waals surface area contributed by atoms with Crippen LogP contribution in [0.4, 0.5) is 5.69 Å². The Morgan fingerprint density at radius 1 is 1.18 bits per heavy atom. The quantitative estimate of drug-likeness (QED) is 0.758. The second-order valence-electron chi connectivity index (χ2n) is 4.14. The molecular weight excluding hydrogens is 214 g/mol. The van der Waals surface area contributed by atoms with E-state index in [0.717, 1.165) is 28.5 Å². The number of fused-ring (bicyclic) bond motifs is 1. The predicted molar refractivity (Wildman–Crippen MR) is 70.2 cm³/mol. The van der Waals surface area contributed by atoms with E-state index < -0.39 is 0 Å². The first kappa shape index (κ1) is 11.5. The molecule has 0 atom stereocenters. The number of carbonyl (C=O) groups is 1. The van der Waals surface area contributed by atoms with Crippen molar-refractivity contribution in [1.82, 2.24) is 0 Å². The lowest BCUT2D eigenvalue weighted by Gasteiger charge is -2.14. The largest absolute Gasteiger partial charge is 0.496 e. The highest BCUT2D eigenvalue weighted by molar-refractivity contribution is 5.95. The molecule has 0 spiro atoms. The Morgan fingerprint density at radius 2 is 1.94 bits per heavy atom. The lowest BCUT2D eigenvalue weighted by atomic mass is 10.1. The minimum atomic E-state index is 0.631. The Morgan fingerprint density at radius 3 is 2.53 bits per heavy atom. The molecule has 0 bridgehead atoms. The van der Waals surface area contributed by atoms with Crippen LogP contribution in [0.15, 0.2) is 30.3 Å². The molecule has 2 aromatic rings. The second-order valence-corrected chi connectivity index (χ2v) is 4.14. The van der Waals surface area contributed by atoms with Crippen LogP contribution in [-0.4, -0.2) is 27.5 Å². The summed E-state index contributed by atoms with van der Waals surface area (Å²) in [5.41, 5.74) is 1.74. The summed E-state index contributed by atoms with van der Waals surface area (Å²) in [6.07, 6.45) is 0.835. The molecule has 2 aromatic carbocycles. The van der Waals surface area contributed by atoms with Crippen LogP contribution < -0.4 is 9.64 Å². The first-order valence-electron chi connectivity index (χ1n) is 5.40. The Balaban J connectivity index is 2.71. The average molecular weight is 229 g/mol. The zero-order valence-corrected chi connectivity index (χ0v) is 10.2. The lowest BCUT2D eigenvalue weighted by molar-refractivity contribution is 0.112. The van der Waals surface area contributed by atoms with Crippen molar-refractivity contribution in [2.75, 3.05) is 26.1 Å². The number of carbonyl (C=O) groups excluding carboxylic acids is 1. The maximum absolute atomic E-state index is 10.8. The molecule has 17 heavy (non-hydrogen) atoms. The maximum atomic E-state index is 10.8. The third kappa shape index (κ3) is 2.09. The van der Waals surface area contributed by atoms with Gasteiger partial charge in [-0.1, -0.05) is 6.07 Å². The van der Waals surface area contributed by atoms with Crippen LogP contribution in [0.3, 0.4) is 0 Å². The van der Waals surface area contributed by atoms with Gasteiger partial charge in [0.2, 0.25) is 0 Å². The van der Waals surface area contributed by atoms with Crippen molar-refractivity contribution in [3.63, 3.8) is 0 Å². The van der Waals surface area contributed by atoms with Crippen LogP contribution in [-0.2, 0) is 0 Å². The zero-order valence-electron chi connectivity index (χ0n) is 10.2. The number of hydrogen-bond donors (Lipinski definition) is 0. The third-order valence-corrected chi connectivity index (χ3v) is 2.79. The van der Waals surface area contributed by atoms with Crippen molar-refractivity contribution in [2.24, 2.45) is 0 Å². The van der Waals surface area contributed by atoms with Crippen molar-refractivity contribution >= 4 is 22.7 Å². The highest BCUT2D eigenvalue weighted by Crippen LogP contribution is 2.30. The molecule has 0 saturated carbocycles. The number of methoxy groups -OCH3 is 1. The SMILES string of the molecule is COc1cc(C=O)cc2ccc(N(C)C)cc12. The van der Waals surface area contributed by atoms with Gasteiger partial charge in [0.1, 0.15) is 12.0 Å². The fourth-order valence-corrected chi connectivity index (χ4v) is 1.85.